The fraction of sp³-hybridized carbons (Fsp3) is 0.167. The van der Waals surface area contributed by atoms with Gasteiger partial charge in [-0.15, -0.1) is 0 Å². The van der Waals surface area contributed by atoms with Crippen LogP contribution in [0.2, 0.25) is 0 Å². The fourth-order valence-electron chi connectivity index (χ4n) is 3.56. The molecule has 1 unspecified atom stereocenters. The number of halogens is 3. The molecule has 1 aromatic heterocycles. The maximum absolute atomic E-state index is 13.1. The molecular formula is C24H19F3N4O3S. The second-order valence-corrected chi connectivity index (χ2v) is 8.81. The lowest BCUT2D eigenvalue weighted by Crippen LogP contribution is -2.33. The summed E-state index contributed by atoms with van der Waals surface area (Å²) in [5.74, 6) is -0.538. The molecule has 4 rings (SSSR count). The Morgan fingerprint density at radius 3 is 2.40 bits per heavy atom. The van der Waals surface area contributed by atoms with Crippen molar-refractivity contribution < 1.29 is 27.6 Å². The molecule has 7 nitrogen and oxygen atoms in total. The second kappa shape index (κ2) is 9.79. The molecule has 2 aromatic carbocycles. The van der Waals surface area contributed by atoms with E-state index in [-0.39, 0.29) is 40.6 Å². The van der Waals surface area contributed by atoms with Crippen LogP contribution >= 0.6 is 11.8 Å². The second-order valence-electron chi connectivity index (χ2n) is 7.67. The first-order chi connectivity index (χ1) is 16.6. The predicted molar refractivity (Wildman–Crippen MR) is 125 cm³/mol. The number of nitrogens with zero attached hydrogens (tertiary/aromatic N) is 3. The first-order valence-electron chi connectivity index (χ1n) is 10.4. The van der Waals surface area contributed by atoms with Crippen molar-refractivity contribution in [2.45, 2.75) is 29.9 Å². The van der Waals surface area contributed by atoms with Crippen LogP contribution in [0.25, 0.3) is 0 Å². The van der Waals surface area contributed by atoms with Crippen LogP contribution in [-0.2, 0) is 11.3 Å². The number of amides is 4. The third kappa shape index (κ3) is 5.62. The maximum atomic E-state index is 13.1. The number of carbonyl (C=O) groups excluding carboxylic acids is 3. The third-order valence-corrected chi connectivity index (χ3v) is 6.00. The summed E-state index contributed by atoms with van der Waals surface area (Å²) in [7, 11) is 0. The molecule has 0 radical (unpaired) electrons. The number of hydrogen-bond acceptors (Lipinski definition) is 5. The Morgan fingerprint density at radius 2 is 1.74 bits per heavy atom. The molecule has 1 atom stereocenters. The van der Waals surface area contributed by atoms with Gasteiger partial charge in [-0.1, -0.05) is 18.2 Å². The Balaban J connectivity index is 1.47. The molecule has 0 spiro atoms. The van der Waals surface area contributed by atoms with Crippen LogP contribution in [-0.4, -0.2) is 39.3 Å². The number of anilines is 2. The highest BCUT2D eigenvalue weighted by Crippen LogP contribution is 2.38. The molecule has 1 aliphatic heterocycles. The van der Waals surface area contributed by atoms with Crippen molar-refractivity contribution in [1.82, 2.24) is 9.88 Å². The van der Waals surface area contributed by atoms with Crippen molar-refractivity contribution in [1.29, 1.82) is 0 Å². The van der Waals surface area contributed by atoms with Gasteiger partial charge >= 0.3 is 11.5 Å². The SMILES string of the molecule is CC1C(=O)N(c2ccc(SC(F)(F)F)cc2)C(=O)N1Cc1ccnc(NC(=O)c2ccccc2)c1. The van der Waals surface area contributed by atoms with Crippen LogP contribution in [0.15, 0.2) is 77.8 Å². The Hall–Kier alpha value is -3.86. The van der Waals surface area contributed by atoms with E-state index in [0.29, 0.717) is 11.1 Å². The van der Waals surface area contributed by atoms with E-state index in [1.54, 1.807) is 49.4 Å². The van der Waals surface area contributed by atoms with E-state index in [2.05, 4.69) is 10.3 Å². The monoisotopic (exact) mass is 500 g/mol. The molecule has 0 saturated carbocycles. The summed E-state index contributed by atoms with van der Waals surface area (Å²) in [6.07, 6.45) is 1.48. The van der Waals surface area contributed by atoms with Gasteiger partial charge in [0.2, 0.25) is 0 Å². The van der Waals surface area contributed by atoms with Gasteiger partial charge in [0.15, 0.2) is 0 Å². The van der Waals surface area contributed by atoms with Crippen molar-refractivity contribution in [3.63, 3.8) is 0 Å². The molecule has 180 valence electrons. The van der Waals surface area contributed by atoms with E-state index in [9.17, 15) is 27.6 Å². The largest absolute Gasteiger partial charge is 0.446 e. The molecule has 1 aliphatic rings. The number of urea groups is 1. The van der Waals surface area contributed by atoms with E-state index in [1.165, 1.54) is 35.4 Å². The first kappa shape index (κ1) is 24.3. The summed E-state index contributed by atoms with van der Waals surface area (Å²) in [5.41, 5.74) is -3.15. The molecule has 0 bridgehead atoms. The Bertz CT molecular complexity index is 1250. The average molecular weight is 501 g/mol. The van der Waals surface area contributed by atoms with Gasteiger partial charge < -0.3 is 10.2 Å². The Kier molecular flexibility index (Phi) is 6.79. The van der Waals surface area contributed by atoms with Gasteiger partial charge in [0, 0.05) is 23.2 Å². The molecular weight excluding hydrogens is 481 g/mol. The van der Waals surface area contributed by atoms with Gasteiger partial charge in [0.05, 0.1) is 5.69 Å². The summed E-state index contributed by atoms with van der Waals surface area (Å²) in [6, 6.07) is 15.5. The molecule has 1 saturated heterocycles. The van der Waals surface area contributed by atoms with Crippen molar-refractivity contribution in [3.05, 3.63) is 84.1 Å². The minimum Gasteiger partial charge on any atom is -0.308 e. The number of rotatable bonds is 6. The summed E-state index contributed by atoms with van der Waals surface area (Å²) < 4.78 is 37.7. The summed E-state index contributed by atoms with van der Waals surface area (Å²) in [4.78, 5) is 44.6. The Morgan fingerprint density at radius 1 is 1.06 bits per heavy atom. The number of imide groups is 1. The highest BCUT2D eigenvalue weighted by Gasteiger charge is 2.43. The number of pyridine rings is 1. The van der Waals surface area contributed by atoms with Crippen molar-refractivity contribution in [2.24, 2.45) is 0 Å². The molecule has 2 heterocycles. The van der Waals surface area contributed by atoms with Crippen LogP contribution in [0, 0.1) is 0 Å². The Labute approximate surface area is 202 Å². The molecule has 1 N–H and O–H groups in total. The minimum absolute atomic E-state index is 0.0490. The highest BCUT2D eigenvalue weighted by molar-refractivity contribution is 8.00. The van der Waals surface area contributed by atoms with E-state index in [4.69, 9.17) is 0 Å². The van der Waals surface area contributed by atoms with Crippen molar-refractivity contribution in [2.75, 3.05) is 10.2 Å². The zero-order chi connectivity index (χ0) is 25.2. The number of benzene rings is 2. The van der Waals surface area contributed by atoms with Crippen LogP contribution in [0.3, 0.4) is 0 Å². The summed E-state index contributed by atoms with van der Waals surface area (Å²) >= 11 is -0.274. The zero-order valence-corrected chi connectivity index (χ0v) is 19.1. The molecule has 1 fully saturated rings. The van der Waals surface area contributed by atoms with Crippen molar-refractivity contribution >= 4 is 41.1 Å². The van der Waals surface area contributed by atoms with Gasteiger partial charge in [-0.05, 0) is 72.8 Å². The first-order valence-corrected chi connectivity index (χ1v) is 11.3. The normalized spacial score (nSPS) is 16.1. The van der Waals surface area contributed by atoms with Crippen molar-refractivity contribution in [3.8, 4) is 0 Å². The van der Waals surface area contributed by atoms with Crippen LogP contribution < -0.4 is 10.2 Å². The van der Waals surface area contributed by atoms with Crippen LogP contribution in [0.4, 0.5) is 29.5 Å². The highest BCUT2D eigenvalue weighted by atomic mass is 32.2. The van der Waals surface area contributed by atoms with Gasteiger partial charge in [0.25, 0.3) is 11.8 Å². The number of thioether (sulfide) groups is 1. The number of aromatic nitrogens is 1. The lowest BCUT2D eigenvalue weighted by Gasteiger charge is -2.20. The molecule has 11 heteroatoms. The smallest absolute Gasteiger partial charge is 0.308 e. The molecule has 35 heavy (non-hydrogen) atoms. The van der Waals surface area contributed by atoms with Gasteiger partial charge in [0.1, 0.15) is 11.9 Å². The topological polar surface area (TPSA) is 82.6 Å². The van der Waals surface area contributed by atoms with Crippen LogP contribution in [0.5, 0.6) is 0 Å². The van der Waals surface area contributed by atoms with E-state index >= 15 is 0 Å². The standard InChI is InChI=1S/C24H19F3N4O3S/c1-15-22(33)31(18-7-9-19(10-8-18)35-24(25,26)27)23(34)30(15)14-16-11-12-28-20(13-16)29-21(32)17-5-3-2-4-6-17/h2-13,15H,14H2,1H3,(H,28,29,32). The lowest BCUT2D eigenvalue weighted by atomic mass is 10.2. The lowest BCUT2D eigenvalue weighted by molar-refractivity contribution is -0.119. The van der Waals surface area contributed by atoms with Gasteiger partial charge in [-0.2, -0.15) is 13.2 Å². The number of nitrogens with one attached hydrogen (secondary N) is 1. The summed E-state index contributed by atoms with van der Waals surface area (Å²) in [6.45, 7) is 1.65. The van der Waals surface area contributed by atoms with Gasteiger partial charge in [-0.25, -0.2) is 14.7 Å². The predicted octanol–water partition coefficient (Wildman–Crippen LogP) is 5.30. The van der Waals surface area contributed by atoms with E-state index in [1.807, 2.05) is 0 Å². The molecule has 4 amide bonds. The number of carbonyl (C=O) groups is 3. The maximum Gasteiger partial charge on any atom is 0.446 e. The zero-order valence-electron chi connectivity index (χ0n) is 18.3. The minimum atomic E-state index is -4.43. The number of alkyl halides is 3. The van der Waals surface area contributed by atoms with Crippen LogP contribution in [0.1, 0.15) is 22.8 Å². The van der Waals surface area contributed by atoms with E-state index in [0.717, 1.165) is 4.90 Å². The number of hydrogen-bond donors (Lipinski definition) is 1. The van der Waals surface area contributed by atoms with E-state index < -0.39 is 23.5 Å². The average Bonchev–Trinajstić information content (AvgIpc) is 3.02. The summed E-state index contributed by atoms with van der Waals surface area (Å²) in [5, 5.41) is 2.70. The third-order valence-electron chi connectivity index (χ3n) is 5.27. The fourth-order valence-corrected chi connectivity index (χ4v) is 4.10. The quantitative estimate of drug-likeness (QED) is 0.367. The molecule has 3 aromatic rings. The van der Waals surface area contributed by atoms with Gasteiger partial charge in [-0.3, -0.25) is 9.59 Å². The molecule has 0 aliphatic carbocycles.